The zero-order chi connectivity index (χ0) is 30.1. The molecule has 3 N–H and O–H groups in total. The van der Waals surface area contributed by atoms with Crippen LogP contribution in [0.25, 0.3) is 0 Å². The summed E-state index contributed by atoms with van der Waals surface area (Å²) in [5.74, 6) is -2.25. The number of carbonyl (C=O) groups excluding carboxylic acids is 2. The maximum absolute atomic E-state index is 13.1. The van der Waals surface area contributed by atoms with Crippen LogP contribution < -0.4 is 0 Å². The number of rotatable bonds is 15. The summed E-state index contributed by atoms with van der Waals surface area (Å²) in [4.78, 5) is 26.2. The monoisotopic (exact) mass is 572 g/mol. The van der Waals surface area contributed by atoms with Crippen molar-refractivity contribution in [1.29, 1.82) is 0 Å². The maximum atomic E-state index is 13.1. The zero-order valence-corrected chi connectivity index (χ0v) is 26.3. The molecule has 7 atom stereocenters. The number of carbonyl (C=O) groups is 2. The lowest BCUT2D eigenvalue weighted by Gasteiger charge is -2.50. The van der Waals surface area contributed by atoms with E-state index in [0.29, 0.717) is 24.0 Å². The van der Waals surface area contributed by atoms with E-state index in [0.717, 1.165) is 19.3 Å². The van der Waals surface area contributed by atoms with E-state index in [1.807, 2.05) is 13.0 Å². The number of aliphatic hydroxyl groups excluding tert-OH is 1. The number of hydrogen-bond acceptors (Lipinski definition) is 6. The first-order valence-electron chi connectivity index (χ1n) is 16.6. The van der Waals surface area contributed by atoms with Gasteiger partial charge in [0, 0.05) is 36.0 Å². The summed E-state index contributed by atoms with van der Waals surface area (Å²) in [5, 5.41) is 34.2. The van der Waals surface area contributed by atoms with Crippen LogP contribution in [0.2, 0.25) is 0 Å². The Labute approximate surface area is 248 Å². The Kier molecular flexibility index (Phi) is 9.98. The highest BCUT2D eigenvalue weighted by Crippen LogP contribution is 2.76. The fourth-order valence-electron chi connectivity index (χ4n) is 8.96. The molecule has 232 valence electrons. The minimum Gasteiger partial charge on any atom is -0.458 e. The summed E-state index contributed by atoms with van der Waals surface area (Å²) in [7, 11) is 0. The lowest BCUT2D eigenvalue weighted by atomic mass is 9.60. The van der Waals surface area contributed by atoms with Crippen molar-refractivity contribution in [2.45, 2.75) is 148 Å². The average molecular weight is 573 g/mol. The predicted octanol–water partition coefficient (Wildman–Crippen LogP) is 6.60. The van der Waals surface area contributed by atoms with E-state index in [9.17, 15) is 24.9 Å². The molecular formula is C35H56O6. The van der Waals surface area contributed by atoms with E-state index >= 15 is 0 Å². The summed E-state index contributed by atoms with van der Waals surface area (Å²) in [6.07, 6.45) is 19.4. The second-order valence-corrected chi connectivity index (χ2v) is 14.5. The summed E-state index contributed by atoms with van der Waals surface area (Å²) in [5.41, 5.74) is -3.20. The number of ketones is 1. The van der Waals surface area contributed by atoms with Crippen LogP contribution in [0.1, 0.15) is 131 Å². The van der Waals surface area contributed by atoms with Crippen LogP contribution in [0, 0.1) is 29.1 Å². The highest BCUT2D eigenvalue weighted by molar-refractivity contribution is 6.04. The Morgan fingerprint density at radius 3 is 2.07 bits per heavy atom. The standard InChI is InChI=1S/C35H56O6/c1-6-7-8-9-10-11-12-13-14-15-16-17-18-29(37)41-34-21-25(3)35(40)27(30(34)32(34,4)5)20-26(23-36)22-33(39)28(35)19-24(2)31(33)38/h19-20,25,27-28,30,36,39-40H,6-18,21-23H2,1-5H3/t25-,27+,28-,30+,33-,34+,35-/m1/s1. The van der Waals surface area contributed by atoms with Crippen molar-refractivity contribution >= 4 is 11.8 Å². The van der Waals surface area contributed by atoms with E-state index < -0.39 is 28.6 Å². The minimum atomic E-state index is -1.76. The Morgan fingerprint density at radius 2 is 1.51 bits per heavy atom. The average Bonchev–Trinajstić information content (AvgIpc) is 3.33. The molecule has 0 unspecified atom stereocenters. The van der Waals surface area contributed by atoms with Crippen LogP contribution in [-0.4, -0.2) is 50.5 Å². The molecule has 41 heavy (non-hydrogen) atoms. The lowest BCUT2D eigenvalue weighted by Crippen LogP contribution is -2.61. The Hall–Kier alpha value is -1.50. The van der Waals surface area contributed by atoms with Crippen molar-refractivity contribution in [1.82, 2.24) is 0 Å². The summed E-state index contributed by atoms with van der Waals surface area (Å²) >= 11 is 0. The molecule has 0 spiro atoms. The highest BCUT2D eigenvalue weighted by atomic mass is 16.6. The lowest BCUT2D eigenvalue weighted by molar-refractivity contribution is -0.187. The Bertz CT molecular complexity index is 1030. The second kappa shape index (κ2) is 12.6. The van der Waals surface area contributed by atoms with Crippen LogP contribution >= 0.6 is 0 Å². The number of fused-ring (bicyclic) bond motifs is 5. The van der Waals surface area contributed by atoms with Gasteiger partial charge in [-0.2, -0.15) is 0 Å². The SMILES string of the molecule is CCCCCCCCCCCCCCC(=O)O[C@@]12C[C@@H](C)[C@@]3(O)[C@@H](C=C(CO)C[C@]4(O)C(=O)C(C)=C[C@@H]34)[C@H]1C2(C)C. The largest absolute Gasteiger partial charge is 0.458 e. The van der Waals surface area contributed by atoms with E-state index in [-0.39, 0.29) is 42.0 Å². The molecule has 0 saturated heterocycles. The molecular weight excluding hydrogens is 516 g/mol. The molecule has 0 aromatic heterocycles. The molecule has 0 heterocycles. The molecule has 0 bridgehead atoms. The van der Waals surface area contributed by atoms with Crippen molar-refractivity contribution in [2.24, 2.45) is 29.1 Å². The van der Waals surface area contributed by atoms with Gasteiger partial charge in [0.15, 0.2) is 5.78 Å². The topological polar surface area (TPSA) is 104 Å². The molecule has 6 nitrogen and oxygen atoms in total. The summed E-state index contributed by atoms with van der Waals surface area (Å²) in [6, 6.07) is 0. The third kappa shape index (κ3) is 5.74. The van der Waals surface area contributed by atoms with Gasteiger partial charge in [0.1, 0.15) is 11.2 Å². The molecule has 0 aliphatic heterocycles. The van der Waals surface area contributed by atoms with Gasteiger partial charge in [-0.15, -0.1) is 0 Å². The molecule has 2 fully saturated rings. The van der Waals surface area contributed by atoms with Gasteiger partial charge in [-0.3, -0.25) is 9.59 Å². The van der Waals surface area contributed by atoms with Gasteiger partial charge in [0.05, 0.1) is 12.2 Å². The molecule has 4 aliphatic carbocycles. The Morgan fingerprint density at radius 1 is 0.951 bits per heavy atom. The molecule has 2 saturated carbocycles. The van der Waals surface area contributed by atoms with Gasteiger partial charge >= 0.3 is 5.97 Å². The van der Waals surface area contributed by atoms with Crippen molar-refractivity contribution in [3.8, 4) is 0 Å². The number of unbranched alkanes of at least 4 members (excludes halogenated alkanes) is 11. The molecule has 0 aromatic rings. The molecule has 0 radical (unpaired) electrons. The highest BCUT2D eigenvalue weighted by Gasteiger charge is 2.83. The predicted molar refractivity (Wildman–Crippen MR) is 161 cm³/mol. The fraction of sp³-hybridized carbons (Fsp3) is 0.829. The summed E-state index contributed by atoms with van der Waals surface area (Å²) in [6.45, 7) is 9.79. The normalized spacial score (nSPS) is 36.9. The third-order valence-electron chi connectivity index (χ3n) is 11.4. The first kappa shape index (κ1) is 32.4. The molecule has 6 heteroatoms. The van der Waals surface area contributed by atoms with Crippen molar-refractivity contribution in [2.75, 3.05) is 6.61 Å². The van der Waals surface area contributed by atoms with Gasteiger partial charge in [-0.1, -0.05) is 110 Å². The van der Waals surface area contributed by atoms with E-state index in [1.165, 1.54) is 57.8 Å². The van der Waals surface area contributed by atoms with Gasteiger partial charge < -0.3 is 20.1 Å². The molecule has 4 rings (SSSR count). The second-order valence-electron chi connectivity index (χ2n) is 14.5. The minimum absolute atomic E-state index is 0.00522. The van der Waals surface area contributed by atoms with Crippen molar-refractivity contribution in [3.05, 3.63) is 23.3 Å². The Balaban J connectivity index is 1.33. The fourth-order valence-corrected chi connectivity index (χ4v) is 8.96. The summed E-state index contributed by atoms with van der Waals surface area (Å²) < 4.78 is 6.33. The van der Waals surface area contributed by atoms with Crippen molar-refractivity contribution < 1.29 is 29.6 Å². The zero-order valence-electron chi connectivity index (χ0n) is 26.3. The van der Waals surface area contributed by atoms with E-state index in [4.69, 9.17) is 4.74 Å². The first-order chi connectivity index (χ1) is 19.4. The smallest absolute Gasteiger partial charge is 0.306 e. The quantitative estimate of drug-likeness (QED) is 0.116. The molecule has 0 aromatic carbocycles. The van der Waals surface area contributed by atoms with Gasteiger partial charge in [-0.25, -0.2) is 0 Å². The van der Waals surface area contributed by atoms with Gasteiger partial charge in [0.25, 0.3) is 0 Å². The van der Waals surface area contributed by atoms with Crippen LogP contribution in [0.5, 0.6) is 0 Å². The number of ether oxygens (including phenoxy) is 1. The van der Waals surface area contributed by atoms with Crippen LogP contribution in [0.3, 0.4) is 0 Å². The first-order valence-corrected chi connectivity index (χ1v) is 16.6. The van der Waals surface area contributed by atoms with Crippen LogP contribution in [-0.2, 0) is 14.3 Å². The number of aliphatic hydroxyl groups is 3. The van der Waals surface area contributed by atoms with Crippen LogP contribution in [0.15, 0.2) is 23.3 Å². The third-order valence-corrected chi connectivity index (χ3v) is 11.4. The van der Waals surface area contributed by atoms with Gasteiger partial charge in [0.2, 0.25) is 0 Å². The van der Waals surface area contributed by atoms with Crippen LogP contribution in [0.4, 0.5) is 0 Å². The molecule has 0 amide bonds. The van der Waals surface area contributed by atoms with E-state index in [1.54, 1.807) is 13.0 Å². The molecule has 4 aliphatic rings. The number of Topliss-reactive ketones (excluding diaryl/α,β-unsaturated/α-hetero) is 1. The number of esters is 1. The van der Waals surface area contributed by atoms with Crippen molar-refractivity contribution in [3.63, 3.8) is 0 Å². The van der Waals surface area contributed by atoms with Gasteiger partial charge in [-0.05, 0) is 36.8 Å². The number of hydrogen-bond donors (Lipinski definition) is 3. The maximum Gasteiger partial charge on any atom is 0.306 e. The van der Waals surface area contributed by atoms with E-state index in [2.05, 4.69) is 20.8 Å².